The van der Waals surface area contributed by atoms with E-state index in [1.807, 2.05) is 41.4 Å². The number of hydrogen-bond donors (Lipinski definition) is 0. The van der Waals surface area contributed by atoms with Crippen LogP contribution in [0.5, 0.6) is 0 Å². The molecule has 136 valence electrons. The molecule has 1 fully saturated rings. The molecular weight excluding hydrogens is 340 g/mol. The van der Waals surface area contributed by atoms with Crippen LogP contribution < -0.4 is 0 Å². The Morgan fingerprint density at radius 2 is 2.04 bits per heavy atom. The third-order valence-corrected chi connectivity index (χ3v) is 5.79. The summed E-state index contributed by atoms with van der Waals surface area (Å²) in [6.07, 6.45) is 7.41. The first kappa shape index (κ1) is 16.2. The van der Waals surface area contributed by atoms with Gasteiger partial charge in [-0.1, -0.05) is 35.5 Å². The second-order valence-corrected chi connectivity index (χ2v) is 7.43. The molecule has 3 heterocycles. The summed E-state index contributed by atoms with van der Waals surface area (Å²) in [6.45, 7) is 1.43. The van der Waals surface area contributed by atoms with Gasteiger partial charge in [0.1, 0.15) is 6.26 Å². The molecule has 1 saturated heterocycles. The van der Waals surface area contributed by atoms with E-state index in [2.05, 4.69) is 10.1 Å². The zero-order valence-corrected chi connectivity index (χ0v) is 15.0. The average molecular weight is 360 g/mol. The molecule has 0 bridgehead atoms. The van der Waals surface area contributed by atoms with Crippen LogP contribution in [-0.2, 0) is 11.8 Å². The average Bonchev–Trinajstić information content (AvgIpc) is 3.37. The Balaban J connectivity index is 1.49. The highest BCUT2D eigenvalue weighted by Gasteiger charge is 2.45. The van der Waals surface area contributed by atoms with Crippen molar-refractivity contribution >= 4 is 5.91 Å². The van der Waals surface area contributed by atoms with Crippen molar-refractivity contribution in [2.75, 3.05) is 13.1 Å². The maximum atomic E-state index is 12.8. The highest BCUT2D eigenvalue weighted by molar-refractivity contribution is 5.92. The number of benzene rings is 1. The molecule has 0 saturated carbocycles. The minimum atomic E-state index is -0.0839. The van der Waals surface area contributed by atoms with Crippen molar-refractivity contribution in [3.8, 4) is 11.4 Å². The number of likely N-dealkylation sites (tertiary alicyclic amines) is 1. The highest BCUT2D eigenvalue weighted by atomic mass is 16.5. The van der Waals surface area contributed by atoms with Crippen LogP contribution in [-0.4, -0.2) is 39.0 Å². The molecule has 1 aliphatic carbocycles. The summed E-state index contributed by atoms with van der Waals surface area (Å²) in [5.41, 5.74) is 3.64. The summed E-state index contributed by atoms with van der Waals surface area (Å²) in [5, 5.41) is 3.81. The number of piperidine rings is 1. The second kappa shape index (κ2) is 6.30. The largest absolute Gasteiger partial charge is 0.364 e. The molecule has 6 heteroatoms. The molecule has 6 nitrogen and oxygen atoms in total. The first-order valence-electron chi connectivity index (χ1n) is 9.37. The fraction of sp³-hybridized carbons (Fsp3) is 0.333. The topological polar surface area (TPSA) is 72.1 Å². The standard InChI is InChI=1S/C21H20N4O2/c26-20(17-8-12-27-24-17)25-11-4-9-21(14-25)10-7-16-13-22-19(23-18(16)21)15-5-2-1-3-6-15/h1-3,5-6,8,12-13H,4,7,9-11,14H2. The number of carbonyl (C=O) groups is 1. The van der Waals surface area contributed by atoms with E-state index in [0.717, 1.165) is 49.3 Å². The molecule has 27 heavy (non-hydrogen) atoms. The smallest absolute Gasteiger partial charge is 0.276 e. The van der Waals surface area contributed by atoms with Gasteiger partial charge in [-0.05, 0) is 31.2 Å². The van der Waals surface area contributed by atoms with Crippen molar-refractivity contribution in [1.29, 1.82) is 0 Å². The van der Waals surface area contributed by atoms with E-state index in [0.29, 0.717) is 12.2 Å². The van der Waals surface area contributed by atoms with Gasteiger partial charge in [0.15, 0.2) is 11.5 Å². The van der Waals surface area contributed by atoms with E-state index >= 15 is 0 Å². The summed E-state index contributed by atoms with van der Waals surface area (Å²) < 4.78 is 4.85. The molecule has 0 radical (unpaired) electrons. The quantitative estimate of drug-likeness (QED) is 0.701. The zero-order valence-electron chi connectivity index (χ0n) is 15.0. The molecule has 1 atom stereocenters. The summed E-state index contributed by atoms with van der Waals surface area (Å²) in [7, 11) is 0. The molecular formula is C21H20N4O2. The normalized spacial score (nSPS) is 21.4. The predicted molar refractivity (Wildman–Crippen MR) is 99.1 cm³/mol. The number of carbonyl (C=O) groups excluding carboxylic acids is 1. The summed E-state index contributed by atoms with van der Waals surface area (Å²) in [6, 6.07) is 11.7. The lowest BCUT2D eigenvalue weighted by Gasteiger charge is -2.40. The molecule has 1 spiro atoms. The van der Waals surface area contributed by atoms with Crippen LogP contribution in [0.4, 0.5) is 0 Å². The number of rotatable bonds is 2. The van der Waals surface area contributed by atoms with Crippen LogP contribution in [0, 0.1) is 0 Å². The van der Waals surface area contributed by atoms with Crippen LogP contribution in [0.3, 0.4) is 0 Å². The maximum absolute atomic E-state index is 12.8. The fourth-order valence-corrected chi connectivity index (χ4v) is 4.45. The predicted octanol–water partition coefficient (Wildman–Crippen LogP) is 3.25. The van der Waals surface area contributed by atoms with Gasteiger partial charge in [0.2, 0.25) is 0 Å². The van der Waals surface area contributed by atoms with Crippen molar-refractivity contribution in [1.82, 2.24) is 20.0 Å². The lowest BCUT2D eigenvalue weighted by Crippen LogP contribution is -2.48. The highest BCUT2D eigenvalue weighted by Crippen LogP contribution is 2.44. The molecule has 1 aromatic carbocycles. The molecule has 1 amide bonds. The second-order valence-electron chi connectivity index (χ2n) is 7.43. The molecule has 0 N–H and O–H groups in total. The van der Waals surface area contributed by atoms with Crippen LogP contribution in [0.25, 0.3) is 11.4 Å². The first-order chi connectivity index (χ1) is 13.3. The minimum Gasteiger partial charge on any atom is -0.364 e. The van der Waals surface area contributed by atoms with Gasteiger partial charge < -0.3 is 9.42 Å². The van der Waals surface area contributed by atoms with E-state index in [1.54, 1.807) is 6.07 Å². The molecule has 3 aromatic rings. The maximum Gasteiger partial charge on any atom is 0.276 e. The molecule has 2 aliphatic rings. The van der Waals surface area contributed by atoms with Crippen LogP contribution >= 0.6 is 0 Å². The molecule has 1 unspecified atom stereocenters. The summed E-state index contributed by atoms with van der Waals surface area (Å²) >= 11 is 0. The number of amides is 1. The van der Waals surface area contributed by atoms with Gasteiger partial charge in [-0.2, -0.15) is 0 Å². The Morgan fingerprint density at radius 3 is 2.85 bits per heavy atom. The van der Waals surface area contributed by atoms with Crippen LogP contribution in [0.2, 0.25) is 0 Å². The number of aromatic nitrogens is 3. The summed E-state index contributed by atoms with van der Waals surface area (Å²) in [4.78, 5) is 24.2. The van der Waals surface area contributed by atoms with Gasteiger partial charge in [-0.3, -0.25) is 4.79 Å². The Kier molecular flexibility index (Phi) is 3.77. The van der Waals surface area contributed by atoms with Crippen molar-refractivity contribution in [2.45, 2.75) is 31.1 Å². The molecule has 5 rings (SSSR count). The van der Waals surface area contributed by atoms with Gasteiger partial charge in [0, 0.05) is 36.3 Å². The minimum absolute atomic E-state index is 0.0615. The van der Waals surface area contributed by atoms with Gasteiger partial charge in [-0.25, -0.2) is 9.97 Å². The Morgan fingerprint density at radius 1 is 1.15 bits per heavy atom. The van der Waals surface area contributed by atoms with Crippen molar-refractivity contribution in [2.24, 2.45) is 0 Å². The Labute approximate surface area is 157 Å². The van der Waals surface area contributed by atoms with E-state index in [9.17, 15) is 4.79 Å². The van der Waals surface area contributed by atoms with Gasteiger partial charge in [-0.15, -0.1) is 0 Å². The van der Waals surface area contributed by atoms with Crippen molar-refractivity contribution in [3.05, 3.63) is 65.8 Å². The van der Waals surface area contributed by atoms with Crippen LogP contribution in [0.15, 0.2) is 53.4 Å². The number of nitrogens with zero attached hydrogens (tertiary/aromatic N) is 4. The van der Waals surface area contributed by atoms with Crippen molar-refractivity contribution < 1.29 is 9.32 Å². The Bertz CT molecular complexity index is 967. The van der Waals surface area contributed by atoms with E-state index in [-0.39, 0.29) is 11.3 Å². The SMILES string of the molecule is O=C(c1ccon1)N1CCCC2(CCc3cnc(-c4ccccc4)nc32)C1. The van der Waals surface area contributed by atoms with Gasteiger partial charge >= 0.3 is 0 Å². The van der Waals surface area contributed by atoms with Gasteiger partial charge in [0.25, 0.3) is 5.91 Å². The lowest BCUT2D eigenvalue weighted by molar-refractivity contribution is 0.0623. The molecule has 2 aromatic heterocycles. The van der Waals surface area contributed by atoms with E-state index < -0.39 is 0 Å². The van der Waals surface area contributed by atoms with Gasteiger partial charge in [0.05, 0.1) is 5.69 Å². The Hall–Kier alpha value is -3.02. The lowest BCUT2D eigenvalue weighted by atomic mass is 9.77. The van der Waals surface area contributed by atoms with E-state index in [1.165, 1.54) is 11.8 Å². The number of aryl methyl sites for hydroxylation is 1. The number of hydrogen-bond acceptors (Lipinski definition) is 5. The fourth-order valence-electron chi connectivity index (χ4n) is 4.45. The summed E-state index contributed by atoms with van der Waals surface area (Å²) in [5.74, 6) is 0.698. The van der Waals surface area contributed by atoms with E-state index in [4.69, 9.17) is 9.51 Å². The first-order valence-corrected chi connectivity index (χ1v) is 9.37. The monoisotopic (exact) mass is 360 g/mol. The third-order valence-electron chi connectivity index (χ3n) is 5.79. The zero-order chi connectivity index (χ0) is 18.3. The number of fused-ring (bicyclic) bond motifs is 2. The molecule has 1 aliphatic heterocycles. The van der Waals surface area contributed by atoms with Crippen molar-refractivity contribution in [3.63, 3.8) is 0 Å². The third kappa shape index (κ3) is 2.72. The van der Waals surface area contributed by atoms with Crippen LogP contribution in [0.1, 0.15) is 41.0 Å².